The first kappa shape index (κ1) is 25.8. The van der Waals surface area contributed by atoms with Gasteiger partial charge in [-0.2, -0.15) is 5.10 Å². The summed E-state index contributed by atoms with van der Waals surface area (Å²) in [6, 6.07) is 7.10. The van der Waals surface area contributed by atoms with Gasteiger partial charge in [-0.25, -0.2) is 14.6 Å². The largest absolute Gasteiger partial charge is 0.356 e. The van der Waals surface area contributed by atoms with Crippen molar-refractivity contribution < 1.29 is 9.59 Å². The molecule has 1 N–H and O–H groups in total. The van der Waals surface area contributed by atoms with Crippen LogP contribution in [0.4, 0.5) is 11.5 Å². The highest BCUT2D eigenvalue weighted by molar-refractivity contribution is 7.99. The second kappa shape index (κ2) is 11.3. The number of carbonyl (C=O) groups excluding carboxylic acids is 2. The second-order valence-corrected chi connectivity index (χ2v) is 11.8. The second-order valence-electron chi connectivity index (χ2n) is 9.82. The molecule has 11 heteroatoms. The van der Waals surface area contributed by atoms with Crippen LogP contribution in [0.25, 0.3) is 11.0 Å². The predicted molar refractivity (Wildman–Crippen MR) is 147 cm³/mol. The normalized spacial score (nSPS) is 18.3. The number of piperidine rings is 1. The first-order valence-corrected chi connectivity index (χ1v) is 14.1. The zero-order valence-corrected chi connectivity index (χ0v) is 22.8. The summed E-state index contributed by atoms with van der Waals surface area (Å²) in [5.41, 5.74) is 1.55. The summed E-state index contributed by atoms with van der Waals surface area (Å²) >= 11 is 7.61. The SMILES string of the molecule is CC(C)Sc1nc(N2CCCCC2)c2cnn(CCNC(=O)C3CC(=O)N(c4ccc(Cl)cc4)C3)c2n1. The van der Waals surface area contributed by atoms with Gasteiger partial charge in [-0.3, -0.25) is 9.59 Å². The van der Waals surface area contributed by atoms with Crippen molar-refractivity contribution in [2.45, 2.75) is 56.5 Å². The Hall–Kier alpha value is -2.85. The van der Waals surface area contributed by atoms with Crippen LogP contribution < -0.4 is 15.1 Å². The Labute approximate surface area is 225 Å². The van der Waals surface area contributed by atoms with Crippen molar-refractivity contribution >= 4 is 57.7 Å². The fourth-order valence-corrected chi connectivity index (χ4v) is 5.70. The lowest BCUT2D eigenvalue weighted by atomic mass is 10.1. The highest BCUT2D eigenvalue weighted by atomic mass is 35.5. The van der Waals surface area contributed by atoms with Crippen LogP contribution in [-0.2, 0) is 16.1 Å². The topological polar surface area (TPSA) is 96.2 Å². The highest BCUT2D eigenvalue weighted by Crippen LogP contribution is 2.30. The van der Waals surface area contributed by atoms with Crippen molar-refractivity contribution in [3.05, 3.63) is 35.5 Å². The molecule has 2 saturated heterocycles. The van der Waals surface area contributed by atoms with E-state index < -0.39 is 0 Å². The van der Waals surface area contributed by atoms with Crippen LogP contribution in [0.2, 0.25) is 5.02 Å². The molecular weight excluding hydrogens is 510 g/mol. The molecule has 4 heterocycles. The summed E-state index contributed by atoms with van der Waals surface area (Å²) in [6.07, 6.45) is 5.61. The van der Waals surface area contributed by atoms with E-state index in [0.29, 0.717) is 29.9 Å². The van der Waals surface area contributed by atoms with Gasteiger partial charge >= 0.3 is 0 Å². The molecule has 2 amide bonds. The fourth-order valence-electron chi connectivity index (χ4n) is 4.88. The van der Waals surface area contributed by atoms with E-state index in [1.54, 1.807) is 40.9 Å². The number of anilines is 2. The van der Waals surface area contributed by atoms with Gasteiger partial charge in [0, 0.05) is 48.6 Å². The van der Waals surface area contributed by atoms with Crippen molar-refractivity contribution in [3.63, 3.8) is 0 Å². The van der Waals surface area contributed by atoms with Gasteiger partial charge in [0.05, 0.1) is 24.0 Å². The van der Waals surface area contributed by atoms with Crippen LogP contribution in [0.3, 0.4) is 0 Å². The summed E-state index contributed by atoms with van der Waals surface area (Å²) in [7, 11) is 0. The van der Waals surface area contributed by atoms with Gasteiger partial charge in [0.25, 0.3) is 0 Å². The van der Waals surface area contributed by atoms with E-state index in [1.165, 1.54) is 6.42 Å². The van der Waals surface area contributed by atoms with Gasteiger partial charge in [0.15, 0.2) is 10.8 Å². The molecule has 1 aromatic carbocycles. The number of rotatable bonds is 8. The number of benzene rings is 1. The van der Waals surface area contributed by atoms with Crippen LogP contribution in [-0.4, -0.2) is 63.0 Å². The summed E-state index contributed by atoms with van der Waals surface area (Å²) in [6.45, 7) is 7.49. The number of carbonyl (C=O) groups is 2. The minimum absolute atomic E-state index is 0.0577. The lowest BCUT2D eigenvalue weighted by molar-refractivity contribution is -0.126. The third-order valence-electron chi connectivity index (χ3n) is 6.71. The van der Waals surface area contributed by atoms with Crippen LogP contribution >= 0.6 is 23.4 Å². The average molecular weight is 542 g/mol. The molecule has 0 spiro atoms. The van der Waals surface area contributed by atoms with Gasteiger partial charge in [-0.05, 0) is 43.5 Å². The van der Waals surface area contributed by atoms with E-state index in [1.807, 2.05) is 10.9 Å². The third-order valence-corrected chi connectivity index (χ3v) is 7.83. The number of nitrogens with zero attached hydrogens (tertiary/aromatic N) is 6. The molecule has 5 rings (SSSR count). The highest BCUT2D eigenvalue weighted by Gasteiger charge is 2.35. The molecule has 9 nitrogen and oxygen atoms in total. The van der Waals surface area contributed by atoms with E-state index in [2.05, 4.69) is 29.2 Å². The Kier molecular flexibility index (Phi) is 7.85. The molecule has 196 valence electrons. The number of amides is 2. The number of hydrogen-bond acceptors (Lipinski definition) is 7. The summed E-state index contributed by atoms with van der Waals surface area (Å²) < 4.78 is 1.84. The maximum absolute atomic E-state index is 12.9. The zero-order valence-electron chi connectivity index (χ0n) is 21.2. The van der Waals surface area contributed by atoms with Gasteiger partial charge < -0.3 is 15.1 Å². The number of thioether (sulfide) groups is 1. The monoisotopic (exact) mass is 541 g/mol. The Bertz CT molecular complexity index is 1270. The smallest absolute Gasteiger partial charge is 0.227 e. The molecule has 0 bridgehead atoms. The molecule has 0 saturated carbocycles. The Morgan fingerprint density at radius 3 is 2.65 bits per heavy atom. The minimum atomic E-state index is -0.389. The maximum Gasteiger partial charge on any atom is 0.227 e. The number of halogens is 1. The van der Waals surface area contributed by atoms with E-state index in [-0.39, 0.29) is 24.2 Å². The molecule has 0 aliphatic carbocycles. The summed E-state index contributed by atoms with van der Waals surface area (Å²) in [5.74, 6) is 0.383. The van der Waals surface area contributed by atoms with Crippen LogP contribution in [0, 0.1) is 5.92 Å². The molecule has 2 aromatic heterocycles. The van der Waals surface area contributed by atoms with E-state index >= 15 is 0 Å². The molecular formula is C26H32ClN7O2S. The average Bonchev–Trinajstić information content (AvgIpc) is 3.48. The van der Waals surface area contributed by atoms with Crippen molar-refractivity contribution in [1.82, 2.24) is 25.1 Å². The first-order chi connectivity index (χ1) is 17.9. The molecule has 37 heavy (non-hydrogen) atoms. The third kappa shape index (κ3) is 5.85. The van der Waals surface area contributed by atoms with Gasteiger partial charge in [0.1, 0.15) is 5.82 Å². The van der Waals surface area contributed by atoms with Gasteiger partial charge in [-0.15, -0.1) is 0 Å². The lowest BCUT2D eigenvalue weighted by Crippen LogP contribution is -2.35. The number of hydrogen-bond donors (Lipinski definition) is 1. The molecule has 1 unspecified atom stereocenters. The van der Waals surface area contributed by atoms with E-state index in [0.717, 1.165) is 53.6 Å². The van der Waals surface area contributed by atoms with Crippen LogP contribution in [0.1, 0.15) is 39.5 Å². The fraction of sp³-hybridized carbons (Fsp3) is 0.500. The minimum Gasteiger partial charge on any atom is -0.356 e. The number of aromatic nitrogens is 4. The Morgan fingerprint density at radius 2 is 1.92 bits per heavy atom. The van der Waals surface area contributed by atoms with E-state index in [9.17, 15) is 9.59 Å². The lowest BCUT2D eigenvalue weighted by Gasteiger charge is -2.28. The molecule has 0 radical (unpaired) electrons. The summed E-state index contributed by atoms with van der Waals surface area (Å²) in [4.78, 5) is 39.1. The molecule has 2 aliphatic rings. The maximum atomic E-state index is 12.9. The van der Waals surface area contributed by atoms with Crippen molar-refractivity contribution in [2.75, 3.05) is 36.0 Å². The summed E-state index contributed by atoms with van der Waals surface area (Å²) in [5, 5.41) is 10.3. The Balaban J connectivity index is 1.25. The molecule has 2 aliphatic heterocycles. The quantitative estimate of drug-likeness (QED) is 0.338. The van der Waals surface area contributed by atoms with Gasteiger partial charge in [-0.1, -0.05) is 37.2 Å². The van der Waals surface area contributed by atoms with Crippen LogP contribution in [0.15, 0.2) is 35.6 Å². The van der Waals surface area contributed by atoms with Crippen molar-refractivity contribution in [3.8, 4) is 0 Å². The zero-order chi connectivity index (χ0) is 25.9. The van der Waals surface area contributed by atoms with Crippen molar-refractivity contribution in [1.29, 1.82) is 0 Å². The number of nitrogens with one attached hydrogen (secondary N) is 1. The van der Waals surface area contributed by atoms with Crippen LogP contribution in [0.5, 0.6) is 0 Å². The standard InChI is InChI=1S/C26H32ClN7O2S/c1-17(2)37-26-30-23(32-11-4-3-5-12-32)21-15-29-34(24(21)31-26)13-10-28-25(36)18-14-22(35)33(16-18)20-8-6-19(27)7-9-20/h6-9,15,17-18H,3-5,10-14,16H2,1-2H3,(H,28,36). The van der Waals surface area contributed by atoms with Crippen molar-refractivity contribution in [2.24, 2.45) is 5.92 Å². The molecule has 2 fully saturated rings. The predicted octanol–water partition coefficient (Wildman–Crippen LogP) is 4.14. The molecule has 1 atom stereocenters. The number of fused-ring (bicyclic) bond motifs is 1. The molecule has 3 aromatic rings. The van der Waals surface area contributed by atoms with Gasteiger partial charge in [0.2, 0.25) is 11.8 Å². The first-order valence-electron chi connectivity index (χ1n) is 12.9. The van der Waals surface area contributed by atoms with E-state index in [4.69, 9.17) is 21.6 Å². The Morgan fingerprint density at radius 1 is 1.16 bits per heavy atom.